The number of nitrogens with zero attached hydrogens (tertiary/aromatic N) is 1. The van der Waals surface area contributed by atoms with Crippen LogP contribution in [0.25, 0.3) is 0 Å². The monoisotopic (exact) mass is 303 g/mol. The number of amides is 2. The molecule has 3 N–H and O–H groups in total. The molecule has 6 nitrogen and oxygen atoms in total. The second kappa shape index (κ2) is 7.59. The first kappa shape index (κ1) is 17.7. The lowest BCUT2D eigenvalue weighted by Crippen LogP contribution is -2.58. The normalized spacial score (nSPS) is 17.1. The van der Waals surface area contributed by atoms with E-state index in [-0.39, 0.29) is 19.0 Å². The minimum atomic E-state index is -0.958. The molecule has 2 amide bonds. The molecule has 1 saturated heterocycles. The molecule has 0 spiro atoms. The van der Waals surface area contributed by atoms with Gasteiger partial charge in [0.15, 0.2) is 0 Å². The predicted molar refractivity (Wildman–Crippen MR) is 77.5 cm³/mol. The number of likely N-dealkylation sites (tertiary alicyclic amines) is 1. The van der Waals surface area contributed by atoms with Gasteiger partial charge in [-0.15, -0.1) is 0 Å². The number of nitrogens with one attached hydrogen (secondary N) is 1. The van der Waals surface area contributed by atoms with Crippen molar-refractivity contribution in [2.45, 2.75) is 57.8 Å². The Morgan fingerprint density at radius 1 is 1.38 bits per heavy atom. The minimum absolute atomic E-state index is 0.0994. The summed E-state index contributed by atoms with van der Waals surface area (Å²) in [6.45, 7) is 5.98. The SMILES string of the molecule is CC(C)(C)OC(=O)NC(CCCCN)C(=O)N1CC(F)C1. The molecule has 122 valence electrons. The molecule has 0 aromatic rings. The van der Waals surface area contributed by atoms with Crippen molar-refractivity contribution in [3.8, 4) is 0 Å². The molecule has 21 heavy (non-hydrogen) atoms. The van der Waals surface area contributed by atoms with Crippen LogP contribution in [0.4, 0.5) is 9.18 Å². The number of ether oxygens (including phenoxy) is 1. The first-order valence-electron chi connectivity index (χ1n) is 7.35. The Morgan fingerprint density at radius 2 is 2.00 bits per heavy atom. The van der Waals surface area contributed by atoms with Crippen molar-refractivity contribution in [1.82, 2.24) is 10.2 Å². The molecular formula is C14H26FN3O3. The van der Waals surface area contributed by atoms with Crippen molar-refractivity contribution >= 4 is 12.0 Å². The van der Waals surface area contributed by atoms with Crippen LogP contribution < -0.4 is 11.1 Å². The quantitative estimate of drug-likeness (QED) is 0.722. The first-order valence-corrected chi connectivity index (χ1v) is 7.35. The van der Waals surface area contributed by atoms with Crippen LogP contribution in [0.2, 0.25) is 0 Å². The predicted octanol–water partition coefficient (Wildman–Crippen LogP) is 1.19. The van der Waals surface area contributed by atoms with Crippen LogP contribution in [0.15, 0.2) is 0 Å². The van der Waals surface area contributed by atoms with Gasteiger partial charge < -0.3 is 20.7 Å². The van der Waals surface area contributed by atoms with Gasteiger partial charge >= 0.3 is 6.09 Å². The lowest BCUT2D eigenvalue weighted by atomic mass is 10.1. The molecule has 1 rings (SSSR count). The van der Waals surface area contributed by atoms with E-state index in [1.807, 2.05) is 0 Å². The Labute approximate surface area is 125 Å². The van der Waals surface area contributed by atoms with Crippen LogP contribution in [-0.2, 0) is 9.53 Å². The molecule has 1 atom stereocenters. The molecule has 1 heterocycles. The summed E-state index contributed by atoms with van der Waals surface area (Å²) in [7, 11) is 0. The summed E-state index contributed by atoms with van der Waals surface area (Å²) in [5.74, 6) is -0.258. The highest BCUT2D eigenvalue weighted by Gasteiger charge is 2.35. The fourth-order valence-electron chi connectivity index (χ4n) is 2.03. The molecule has 0 aliphatic carbocycles. The van der Waals surface area contributed by atoms with Crippen LogP contribution in [-0.4, -0.2) is 54.3 Å². The van der Waals surface area contributed by atoms with Crippen molar-refractivity contribution in [2.24, 2.45) is 5.73 Å². The van der Waals surface area contributed by atoms with E-state index in [0.29, 0.717) is 13.0 Å². The molecule has 1 unspecified atom stereocenters. The topological polar surface area (TPSA) is 84.7 Å². The van der Waals surface area contributed by atoms with Crippen LogP contribution in [0.5, 0.6) is 0 Å². The van der Waals surface area contributed by atoms with Crippen molar-refractivity contribution in [3.05, 3.63) is 0 Å². The van der Waals surface area contributed by atoms with E-state index < -0.39 is 23.9 Å². The minimum Gasteiger partial charge on any atom is -0.444 e. The molecule has 0 saturated carbocycles. The Kier molecular flexibility index (Phi) is 6.39. The van der Waals surface area contributed by atoms with Gasteiger partial charge in [0.2, 0.25) is 5.91 Å². The summed E-state index contributed by atoms with van der Waals surface area (Å²) in [5, 5.41) is 2.58. The average molecular weight is 303 g/mol. The highest BCUT2D eigenvalue weighted by Crippen LogP contribution is 2.15. The second-order valence-electron chi connectivity index (χ2n) is 6.32. The number of unbranched alkanes of at least 4 members (excludes halogenated alkanes) is 1. The van der Waals surface area contributed by atoms with Gasteiger partial charge in [0, 0.05) is 0 Å². The molecule has 1 aliphatic rings. The maximum atomic E-state index is 12.9. The lowest BCUT2D eigenvalue weighted by Gasteiger charge is -2.37. The summed E-state index contributed by atoms with van der Waals surface area (Å²) in [6.07, 6.45) is 0.371. The third-order valence-corrected chi connectivity index (χ3v) is 3.08. The smallest absolute Gasteiger partial charge is 0.408 e. The van der Waals surface area contributed by atoms with Crippen LogP contribution in [0, 0.1) is 0 Å². The lowest BCUT2D eigenvalue weighted by molar-refractivity contribution is -0.140. The molecule has 0 aromatic heterocycles. The van der Waals surface area contributed by atoms with Crippen LogP contribution >= 0.6 is 0 Å². The standard InChI is InChI=1S/C14H26FN3O3/c1-14(2,3)21-13(20)17-11(6-4-5-7-16)12(19)18-8-10(15)9-18/h10-11H,4-9,16H2,1-3H3,(H,17,20). The van der Waals surface area contributed by atoms with Gasteiger partial charge in [0.25, 0.3) is 0 Å². The maximum absolute atomic E-state index is 12.9. The van der Waals surface area contributed by atoms with E-state index in [1.165, 1.54) is 4.90 Å². The summed E-state index contributed by atoms with van der Waals surface area (Å²) >= 11 is 0. The highest BCUT2D eigenvalue weighted by molar-refractivity contribution is 5.86. The third-order valence-electron chi connectivity index (χ3n) is 3.08. The molecule has 7 heteroatoms. The number of carbonyl (C=O) groups excluding carboxylic acids is 2. The third kappa shape index (κ3) is 6.29. The summed E-state index contributed by atoms with van der Waals surface area (Å²) in [6, 6.07) is -0.682. The number of hydrogen-bond donors (Lipinski definition) is 2. The van der Waals surface area contributed by atoms with E-state index in [2.05, 4.69) is 5.32 Å². The zero-order chi connectivity index (χ0) is 16.0. The van der Waals surface area contributed by atoms with Gasteiger partial charge in [-0.2, -0.15) is 0 Å². The molecule has 1 fully saturated rings. The molecule has 0 aromatic carbocycles. The first-order chi connectivity index (χ1) is 9.73. The van der Waals surface area contributed by atoms with Gasteiger partial charge in [-0.05, 0) is 46.6 Å². The largest absolute Gasteiger partial charge is 0.444 e. The van der Waals surface area contributed by atoms with Gasteiger partial charge in [0.1, 0.15) is 17.8 Å². The average Bonchev–Trinajstić information content (AvgIpc) is 2.31. The highest BCUT2D eigenvalue weighted by atomic mass is 19.1. The molecule has 0 radical (unpaired) electrons. The Hall–Kier alpha value is -1.37. The van der Waals surface area contributed by atoms with Crippen molar-refractivity contribution < 1.29 is 18.7 Å². The number of alkyl halides is 1. The van der Waals surface area contributed by atoms with Gasteiger partial charge in [0.05, 0.1) is 13.1 Å². The fraction of sp³-hybridized carbons (Fsp3) is 0.857. The van der Waals surface area contributed by atoms with E-state index in [1.54, 1.807) is 20.8 Å². The number of halogens is 1. The van der Waals surface area contributed by atoms with Gasteiger partial charge in [-0.1, -0.05) is 0 Å². The van der Waals surface area contributed by atoms with Crippen molar-refractivity contribution in [2.75, 3.05) is 19.6 Å². The Bertz CT molecular complexity index is 365. The van der Waals surface area contributed by atoms with E-state index in [0.717, 1.165) is 12.8 Å². The van der Waals surface area contributed by atoms with Gasteiger partial charge in [-0.3, -0.25) is 4.79 Å². The van der Waals surface area contributed by atoms with Crippen molar-refractivity contribution in [1.29, 1.82) is 0 Å². The molecule has 1 aliphatic heterocycles. The Morgan fingerprint density at radius 3 is 2.48 bits per heavy atom. The number of nitrogens with two attached hydrogens (primary N) is 1. The van der Waals surface area contributed by atoms with E-state index in [4.69, 9.17) is 10.5 Å². The summed E-state index contributed by atoms with van der Waals surface area (Å²) < 4.78 is 18.0. The maximum Gasteiger partial charge on any atom is 0.408 e. The van der Waals surface area contributed by atoms with Crippen LogP contribution in [0.1, 0.15) is 40.0 Å². The number of rotatable bonds is 6. The molecular weight excluding hydrogens is 277 g/mol. The number of carbonyl (C=O) groups is 2. The van der Waals surface area contributed by atoms with E-state index in [9.17, 15) is 14.0 Å². The van der Waals surface area contributed by atoms with Crippen LogP contribution in [0.3, 0.4) is 0 Å². The van der Waals surface area contributed by atoms with Crippen molar-refractivity contribution in [3.63, 3.8) is 0 Å². The summed E-state index contributed by atoms with van der Waals surface area (Å²) in [4.78, 5) is 25.4. The zero-order valence-electron chi connectivity index (χ0n) is 13.0. The second-order valence-corrected chi connectivity index (χ2v) is 6.32. The Balaban J connectivity index is 2.55. The number of hydrogen-bond acceptors (Lipinski definition) is 4. The van der Waals surface area contributed by atoms with E-state index >= 15 is 0 Å². The molecule has 0 bridgehead atoms. The zero-order valence-corrected chi connectivity index (χ0v) is 13.0. The van der Waals surface area contributed by atoms with Gasteiger partial charge in [-0.25, -0.2) is 9.18 Å². The fourth-order valence-corrected chi connectivity index (χ4v) is 2.03. The summed E-state index contributed by atoms with van der Waals surface area (Å²) in [5.41, 5.74) is 4.80. The number of alkyl carbamates (subject to hydrolysis) is 1.